The Kier molecular flexibility index (Phi) is 4.04. The Morgan fingerprint density at radius 1 is 1.33 bits per heavy atom. The van der Waals surface area contributed by atoms with Crippen molar-refractivity contribution in [1.82, 2.24) is 4.90 Å². The topological polar surface area (TPSA) is 107 Å². The van der Waals surface area contributed by atoms with Crippen molar-refractivity contribution in [3.05, 3.63) is 35.5 Å². The van der Waals surface area contributed by atoms with E-state index in [1.165, 1.54) is 25.1 Å². The lowest BCUT2D eigenvalue weighted by Crippen LogP contribution is -2.34. The summed E-state index contributed by atoms with van der Waals surface area (Å²) in [6.07, 6.45) is 1.08. The number of hydrogen-bond donors (Lipinski definition) is 3. The Bertz CT molecular complexity index is 651. The fourth-order valence-electron chi connectivity index (χ4n) is 1.91. The van der Waals surface area contributed by atoms with Crippen LogP contribution in [0.25, 0.3) is 0 Å². The zero-order chi connectivity index (χ0) is 15.6. The first-order valence-electron chi connectivity index (χ1n) is 6.23. The van der Waals surface area contributed by atoms with Crippen LogP contribution in [0.15, 0.2) is 30.0 Å². The predicted molar refractivity (Wildman–Crippen MR) is 73.6 cm³/mol. The quantitative estimate of drug-likeness (QED) is 0.408. The number of nitrogens with one attached hydrogen (secondary N) is 1. The van der Waals surface area contributed by atoms with Crippen molar-refractivity contribution in [2.75, 3.05) is 18.5 Å². The van der Waals surface area contributed by atoms with Crippen LogP contribution in [0.4, 0.5) is 5.69 Å². The molecule has 21 heavy (non-hydrogen) atoms. The summed E-state index contributed by atoms with van der Waals surface area (Å²) in [4.78, 5) is 35.8. The monoisotopic (exact) mass is 290 g/mol. The fourth-order valence-corrected chi connectivity index (χ4v) is 1.91. The number of rotatable bonds is 5. The molecule has 2 amide bonds. The number of aliphatic hydroxyl groups excluding tert-OH is 1. The van der Waals surface area contributed by atoms with E-state index in [9.17, 15) is 19.5 Å². The largest absolute Gasteiger partial charge is 0.506 e. The molecule has 0 aromatic heterocycles. The van der Waals surface area contributed by atoms with Gasteiger partial charge in [-0.2, -0.15) is 0 Å². The number of benzene rings is 1. The summed E-state index contributed by atoms with van der Waals surface area (Å²) in [7, 11) is 0. The maximum atomic E-state index is 12.0. The lowest BCUT2D eigenvalue weighted by atomic mass is 10.1. The number of hydrogen-bond acceptors (Lipinski definition) is 6. The second-order valence-corrected chi connectivity index (χ2v) is 4.49. The molecule has 3 N–H and O–H groups in total. The number of ketones is 1. The molecule has 1 heterocycles. The molecule has 1 aliphatic heterocycles. The van der Waals surface area contributed by atoms with E-state index in [1.54, 1.807) is 0 Å². The molecule has 1 aromatic carbocycles. The molecule has 0 saturated heterocycles. The van der Waals surface area contributed by atoms with E-state index in [0.29, 0.717) is 5.56 Å². The van der Waals surface area contributed by atoms with Gasteiger partial charge in [0, 0.05) is 11.6 Å². The van der Waals surface area contributed by atoms with Gasteiger partial charge in [-0.05, 0) is 25.1 Å². The van der Waals surface area contributed by atoms with Gasteiger partial charge in [-0.1, -0.05) is 0 Å². The first-order chi connectivity index (χ1) is 9.93. The van der Waals surface area contributed by atoms with Crippen LogP contribution in [0.5, 0.6) is 5.75 Å². The number of aromatic hydroxyl groups is 1. The molecule has 7 heteroatoms. The normalized spacial score (nSPS) is 14.4. The lowest BCUT2D eigenvalue weighted by Gasteiger charge is -2.14. The van der Waals surface area contributed by atoms with Crippen LogP contribution < -0.4 is 5.32 Å². The van der Waals surface area contributed by atoms with Gasteiger partial charge in [-0.25, -0.2) is 0 Å². The minimum absolute atomic E-state index is 0.0237. The highest BCUT2D eigenvalue weighted by molar-refractivity contribution is 6.17. The minimum atomic E-state index is -0.596. The highest BCUT2D eigenvalue weighted by Gasteiger charge is 2.30. The number of carbonyl (C=O) groups is 3. The summed E-state index contributed by atoms with van der Waals surface area (Å²) in [5.41, 5.74) is 0.491. The Balaban J connectivity index is 2.25. The molecular weight excluding hydrogens is 276 g/mol. The summed E-state index contributed by atoms with van der Waals surface area (Å²) >= 11 is 0. The summed E-state index contributed by atoms with van der Waals surface area (Å²) in [6.45, 7) is 0.950. The number of aliphatic hydroxyl groups is 1. The van der Waals surface area contributed by atoms with E-state index >= 15 is 0 Å². The number of anilines is 1. The van der Waals surface area contributed by atoms with Gasteiger partial charge in [0.2, 0.25) is 0 Å². The second kappa shape index (κ2) is 5.76. The van der Waals surface area contributed by atoms with Crippen molar-refractivity contribution in [2.45, 2.75) is 6.92 Å². The average molecular weight is 290 g/mol. The van der Waals surface area contributed by atoms with Crippen LogP contribution in [-0.2, 0) is 9.59 Å². The molecule has 0 bridgehead atoms. The van der Waals surface area contributed by atoms with Crippen molar-refractivity contribution < 1.29 is 24.6 Å². The third-order valence-electron chi connectivity index (χ3n) is 3.01. The molecule has 1 aromatic rings. The van der Waals surface area contributed by atoms with Crippen molar-refractivity contribution in [2.24, 2.45) is 0 Å². The van der Waals surface area contributed by atoms with E-state index in [4.69, 9.17) is 5.11 Å². The Morgan fingerprint density at radius 3 is 2.67 bits per heavy atom. The molecule has 0 spiro atoms. The third kappa shape index (κ3) is 2.92. The van der Waals surface area contributed by atoms with E-state index in [2.05, 4.69) is 5.32 Å². The fraction of sp³-hybridized carbons (Fsp3) is 0.214. The third-order valence-corrected chi connectivity index (χ3v) is 3.01. The van der Waals surface area contributed by atoms with Gasteiger partial charge in [0.1, 0.15) is 11.4 Å². The Labute approximate surface area is 120 Å². The first kappa shape index (κ1) is 14.7. The highest BCUT2D eigenvalue weighted by Crippen LogP contribution is 2.27. The molecule has 0 atom stereocenters. The van der Waals surface area contributed by atoms with Crippen LogP contribution in [0, 0.1) is 0 Å². The first-order valence-corrected chi connectivity index (χ1v) is 6.23. The molecule has 2 rings (SSSR count). The molecule has 0 unspecified atom stereocenters. The summed E-state index contributed by atoms with van der Waals surface area (Å²) in [5.74, 6) is -1.48. The molecule has 0 aliphatic carbocycles. The van der Waals surface area contributed by atoms with Crippen LogP contribution in [0.1, 0.15) is 17.3 Å². The molecular formula is C14H14N2O5. The maximum absolute atomic E-state index is 12.0. The highest BCUT2D eigenvalue weighted by atomic mass is 16.3. The summed E-state index contributed by atoms with van der Waals surface area (Å²) in [6, 6.07) is 4.17. The zero-order valence-electron chi connectivity index (χ0n) is 11.3. The van der Waals surface area contributed by atoms with E-state index in [1.807, 2.05) is 0 Å². The van der Waals surface area contributed by atoms with E-state index < -0.39 is 11.8 Å². The van der Waals surface area contributed by atoms with Gasteiger partial charge in [-0.15, -0.1) is 0 Å². The van der Waals surface area contributed by atoms with Crippen molar-refractivity contribution in [3.8, 4) is 5.75 Å². The SMILES string of the molecule is CC(=O)c1ccc(O)c(NC2=CC(=O)N(CCO)C2=O)c1. The minimum Gasteiger partial charge on any atom is -0.506 e. The van der Waals surface area contributed by atoms with Crippen LogP contribution in [0.2, 0.25) is 0 Å². The van der Waals surface area contributed by atoms with Crippen LogP contribution in [0.3, 0.4) is 0 Å². The molecule has 0 radical (unpaired) electrons. The number of β-amino-alcohol motifs (C(OH)–C–C–N with tert-alkyl or cyclic N) is 1. The molecule has 7 nitrogen and oxygen atoms in total. The van der Waals surface area contributed by atoms with Crippen molar-refractivity contribution in [1.29, 1.82) is 0 Å². The van der Waals surface area contributed by atoms with Gasteiger partial charge in [0.25, 0.3) is 11.8 Å². The predicted octanol–water partition coefficient (Wildman–Crippen LogP) is 0.252. The maximum Gasteiger partial charge on any atom is 0.277 e. The van der Waals surface area contributed by atoms with Gasteiger partial charge in [-0.3, -0.25) is 19.3 Å². The number of phenolic OH excluding ortho intramolecular Hbond substituents is 1. The number of carbonyl (C=O) groups excluding carboxylic acids is 3. The molecule has 110 valence electrons. The Morgan fingerprint density at radius 2 is 2.05 bits per heavy atom. The lowest BCUT2D eigenvalue weighted by molar-refractivity contribution is -0.137. The number of imide groups is 1. The Hall–Kier alpha value is -2.67. The van der Waals surface area contributed by atoms with Crippen molar-refractivity contribution in [3.63, 3.8) is 0 Å². The zero-order valence-corrected chi connectivity index (χ0v) is 11.3. The smallest absolute Gasteiger partial charge is 0.277 e. The second-order valence-electron chi connectivity index (χ2n) is 4.49. The van der Waals surface area contributed by atoms with Crippen molar-refractivity contribution >= 4 is 23.3 Å². The summed E-state index contributed by atoms with van der Waals surface area (Å²) in [5, 5.41) is 21.2. The standard InChI is InChI=1S/C14H14N2O5/c1-8(18)9-2-3-12(19)10(6-9)15-11-7-13(20)16(4-5-17)14(11)21/h2-3,6-7,15,17,19H,4-5H2,1H3. The number of Topliss-reactive ketones (excluding diaryl/α,β-unsaturated/α-hetero) is 1. The molecule has 1 aliphatic rings. The summed E-state index contributed by atoms with van der Waals surface area (Å²) < 4.78 is 0. The van der Waals surface area contributed by atoms with E-state index in [-0.39, 0.29) is 36.1 Å². The average Bonchev–Trinajstić information content (AvgIpc) is 2.69. The van der Waals surface area contributed by atoms with Crippen LogP contribution >= 0.6 is 0 Å². The number of nitrogens with zero attached hydrogens (tertiary/aromatic N) is 1. The van der Waals surface area contributed by atoms with E-state index in [0.717, 1.165) is 11.0 Å². The van der Waals surface area contributed by atoms with Gasteiger partial charge in [0.05, 0.1) is 18.8 Å². The van der Waals surface area contributed by atoms with Gasteiger partial charge in [0.15, 0.2) is 5.78 Å². The van der Waals surface area contributed by atoms with Gasteiger partial charge < -0.3 is 15.5 Å². The number of amides is 2. The van der Waals surface area contributed by atoms with Gasteiger partial charge >= 0.3 is 0 Å². The van der Waals surface area contributed by atoms with Crippen LogP contribution in [-0.4, -0.2) is 45.9 Å². The molecule has 0 fully saturated rings. The molecule has 0 saturated carbocycles. The number of phenols is 1.